The Kier molecular flexibility index (Phi) is 16.2. The van der Waals surface area contributed by atoms with Crippen LogP contribution in [-0.2, 0) is 21.7 Å². The van der Waals surface area contributed by atoms with Crippen molar-refractivity contribution in [1.82, 2.24) is 0 Å². The fourth-order valence-electron chi connectivity index (χ4n) is 3.54. The minimum Gasteiger partial charge on any atom is -0.497 e. The van der Waals surface area contributed by atoms with Gasteiger partial charge in [-0.15, -0.1) is 6.42 Å². The first kappa shape index (κ1) is 34.2. The number of methoxy groups -OCH3 is 1. The second kappa shape index (κ2) is 18.4. The smallest absolute Gasteiger partial charge is 0.138 e. The SMILES string of the molecule is CC1=[C-]CC=C1.COc1ccc(C=CC(=C(Oc2ccccc2)c2ccccc2)C(C)(C)C)cc1.C[SiH]C.[Ti]. The first-order chi connectivity index (χ1) is 18.3. The van der Waals surface area contributed by atoms with E-state index in [2.05, 4.69) is 95.4 Å². The zero-order valence-electron chi connectivity index (χ0n) is 24.5. The minimum atomic E-state index is -0.108. The Labute approximate surface area is 254 Å². The van der Waals surface area contributed by atoms with Crippen LogP contribution in [0.2, 0.25) is 13.1 Å². The summed E-state index contributed by atoms with van der Waals surface area (Å²) in [6.07, 6.45) is 12.6. The Hall–Kier alpha value is -2.85. The van der Waals surface area contributed by atoms with Crippen molar-refractivity contribution in [3.8, 4) is 11.5 Å². The van der Waals surface area contributed by atoms with Crippen LogP contribution in [0.4, 0.5) is 0 Å². The van der Waals surface area contributed by atoms with Crippen molar-refractivity contribution in [2.75, 3.05) is 7.11 Å². The van der Waals surface area contributed by atoms with E-state index in [1.165, 1.54) is 5.57 Å². The molecule has 0 spiro atoms. The van der Waals surface area contributed by atoms with Crippen molar-refractivity contribution in [1.29, 1.82) is 0 Å². The molecule has 39 heavy (non-hydrogen) atoms. The van der Waals surface area contributed by atoms with Gasteiger partial charge in [-0.25, -0.2) is 11.6 Å². The molecular formula is C35H42O2SiTi-. The van der Waals surface area contributed by atoms with Gasteiger partial charge in [0, 0.05) is 42.4 Å². The van der Waals surface area contributed by atoms with E-state index in [9.17, 15) is 0 Å². The van der Waals surface area contributed by atoms with Crippen LogP contribution in [0, 0.1) is 11.5 Å². The third kappa shape index (κ3) is 12.7. The Morgan fingerprint density at radius 1 is 0.846 bits per heavy atom. The Bertz CT molecular complexity index is 1200. The molecule has 0 amide bonds. The standard InChI is InChI=1S/C27H28O2.C6H7.C2H7Si.Ti/c1-27(2,3)25(20-17-21-15-18-23(28-4)19-16-21)26(22-11-7-5-8-12-22)29-24-13-9-6-10-14-24;1-6-4-2-3-5-6;1-3-2;/h5-20H,1-4H3;2,4H,3H2,1H3;3H,1-2H3;/q;-1;;. The second-order valence-corrected chi connectivity index (χ2v) is 11.1. The summed E-state index contributed by atoms with van der Waals surface area (Å²) in [6, 6.07) is 28.3. The van der Waals surface area contributed by atoms with Crippen LogP contribution in [0.3, 0.4) is 0 Å². The topological polar surface area (TPSA) is 18.5 Å². The van der Waals surface area contributed by atoms with Crippen LogP contribution in [0.25, 0.3) is 11.8 Å². The van der Waals surface area contributed by atoms with E-state index in [0.717, 1.165) is 49.9 Å². The molecule has 0 saturated carbocycles. The normalized spacial score (nSPS) is 12.6. The van der Waals surface area contributed by atoms with Gasteiger partial charge in [-0.3, -0.25) is 6.08 Å². The summed E-state index contributed by atoms with van der Waals surface area (Å²) in [6.45, 7) is 13.1. The summed E-state index contributed by atoms with van der Waals surface area (Å²) in [5, 5.41) is 0. The van der Waals surface area contributed by atoms with Crippen molar-refractivity contribution in [3.63, 3.8) is 0 Å². The van der Waals surface area contributed by atoms with Crippen LogP contribution in [0.15, 0.2) is 114 Å². The number of rotatable bonds is 6. The van der Waals surface area contributed by atoms with Gasteiger partial charge < -0.3 is 9.47 Å². The number of hydrogen-bond donors (Lipinski definition) is 0. The van der Waals surface area contributed by atoms with E-state index >= 15 is 0 Å². The molecule has 0 saturated heterocycles. The van der Waals surface area contributed by atoms with Gasteiger partial charge >= 0.3 is 0 Å². The third-order valence-electron chi connectivity index (χ3n) is 5.48. The maximum atomic E-state index is 6.42. The monoisotopic (exact) mass is 570 g/mol. The molecule has 0 fully saturated rings. The zero-order chi connectivity index (χ0) is 27.8. The summed E-state index contributed by atoms with van der Waals surface area (Å²) in [4.78, 5) is 0. The van der Waals surface area contributed by atoms with E-state index in [-0.39, 0.29) is 27.1 Å². The molecule has 0 aliphatic heterocycles. The predicted octanol–water partition coefficient (Wildman–Crippen LogP) is 9.46. The summed E-state index contributed by atoms with van der Waals surface area (Å²) in [5.41, 5.74) is 4.46. The fourth-order valence-corrected chi connectivity index (χ4v) is 3.54. The molecule has 4 heteroatoms. The zero-order valence-corrected chi connectivity index (χ0v) is 27.2. The van der Waals surface area contributed by atoms with Gasteiger partial charge in [-0.2, -0.15) is 6.08 Å². The van der Waals surface area contributed by atoms with Gasteiger partial charge in [-0.05, 0) is 35.2 Å². The van der Waals surface area contributed by atoms with E-state index in [1.807, 2.05) is 60.7 Å². The summed E-state index contributed by atoms with van der Waals surface area (Å²) in [7, 11) is 2.43. The Morgan fingerprint density at radius 2 is 1.41 bits per heavy atom. The van der Waals surface area contributed by atoms with Crippen molar-refractivity contribution >= 4 is 21.4 Å². The molecule has 1 radical (unpaired) electrons. The molecule has 1 aliphatic rings. The molecule has 0 heterocycles. The minimum absolute atomic E-state index is 0. The van der Waals surface area contributed by atoms with Crippen LogP contribution in [0.1, 0.15) is 45.2 Å². The molecule has 2 nitrogen and oxygen atoms in total. The van der Waals surface area contributed by atoms with E-state index in [0.29, 0.717) is 0 Å². The average Bonchev–Trinajstić information content (AvgIpc) is 3.40. The number of allylic oxidation sites excluding steroid dienone is 6. The summed E-state index contributed by atoms with van der Waals surface area (Å²) >= 11 is 0. The molecule has 0 atom stereocenters. The van der Waals surface area contributed by atoms with Gasteiger partial charge in [0.25, 0.3) is 0 Å². The molecular weight excluding hydrogens is 528 g/mol. The number of ether oxygens (including phenoxy) is 2. The largest absolute Gasteiger partial charge is 0.497 e. The predicted molar refractivity (Wildman–Crippen MR) is 167 cm³/mol. The molecule has 3 aromatic carbocycles. The van der Waals surface area contributed by atoms with Gasteiger partial charge in [0.05, 0.1) is 7.11 Å². The molecule has 0 bridgehead atoms. The summed E-state index contributed by atoms with van der Waals surface area (Å²) < 4.78 is 11.7. The number of benzene rings is 3. The van der Waals surface area contributed by atoms with E-state index in [4.69, 9.17) is 9.47 Å². The van der Waals surface area contributed by atoms with Gasteiger partial charge in [0.1, 0.15) is 17.3 Å². The second-order valence-electron chi connectivity index (χ2n) is 9.92. The third-order valence-corrected chi connectivity index (χ3v) is 5.48. The van der Waals surface area contributed by atoms with Crippen LogP contribution < -0.4 is 9.47 Å². The van der Waals surface area contributed by atoms with E-state index in [1.54, 1.807) is 7.11 Å². The maximum Gasteiger partial charge on any atom is 0.138 e. The van der Waals surface area contributed by atoms with Gasteiger partial charge in [0.15, 0.2) is 0 Å². The van der Waals surface area contributed by atoms with Crippen molar-refractivity contribution < 1.29 is 31.2 Å². The summed E-state index contributed by atoms with van der Waals surface area (Å²) in [5.74, 6) is 2.55. The van der Waals surface area contributed by atoms with Crippen LogP contribution >= 0.6 is 0 Å². The van der Waals surface area contributed by atoms with Gasteiger partial charge in [-0.1, -0.05) is 114 Å². The Balaban J connectivity index is 0.000000651. The molecule has 3 aromatic rings. The van der Waals surface area contributed by atoms with Gasteiger partial charge in [0.2, 0.25) is 0 Å². The average molecular weight is 571 g/mol. The quantitative estimate of drug-likeness (QED) is 0.127. The maximum absolute atomic E-state index is 6.42. The molecule has 0 unspecified atom stereocenters. The molecule has 0 N–H and O–H groups in total. The van der Waals surface area contributed by atoms with Crippen LogP contribution in [-0.4, -0.2) is 16.6 Å². The first-order valence-electron chi connectivity index (χ1n) is 13.1. The fraction of sp³-hybridized carbons (Fsp3) is 0.257. The van der Waals surface area contributed by atoms with Crippen molar-refractivity contribution in [3.05, 3.63) is 132 Å². The number of hydrogen-bond acceptors (Lipinski definition) is 2. The van der Waals surface area contributed by atoms with Crippen LogP contribution in [0.5, 0.6) is 11.5 Å². The van der Waals surface area contributed by atoms with Crippen molar-refractivity contribution in [2.45, 2.75) is 47.2 Å². The number of para-hydroxylation sites is 1. The molecule has 1 aliphatic carbocycles. The molecule has 4 rings (SSSR count). The first-order valence-corrected chi connectivity index (χ1v) is 15.4. The molecule has 203 valence electrons. The van der Waals surface area contributed by atoms with Crippen molar-refractivity contribution in [2.24, 2.45) is 5.41 Å². The molecule has 0 aromatic heterocycles. The Morgan fingerprint density at radius 3 is 1.85 bits per heavy atom. The van der Waals surface area contributed by atoms with E-state index < -0.39 is 0 Å².